The molecule has 0 spiro atoms. The molecule has 3 atom stereocenters. The van der Waals surface area contributed by atoms with Gasteiger partial charge in [-0.3, -0.25) is 14.9 Å². The van der Waals surface area contributed by atoms with Crippen molar-refractivity contribution >= 4 is 33.7 Å². The Labute approximate surface area is 446 Å². The fraction of sp³-hybridized carbons (Fsp3) is 0.292. The van der Waals surface area contributed by atoms with Gasteiger partial charge in [-0.1, -0.05) is 212 Å². The molecule has 0 saturated carbocycles. The molecule has 1 amide bonds. The molecule has 3 unspecified atom stereocenters. The number of hydrogen-bond acceptors (Lipinski definition) is 8. The molecule has 7 aromatic carbocycles. The van der Waals surface area contributed by atoms with Crippen molar-refractivity contribution in [2.75, 3.05) is 6.61 Å². The van der Waals surface area contributed by atoms with Crippen LogP contribution in [0, 0.1) is 13.8 Å². The third-order valence-electron chi connectivity index (χ3n) is 13.8. The largest absolute Gasteiger partial charge is 0.459 e. The zero-order chi connectivity index (χ0) is 52.1. The van der Waals surface area contributed by atoms with Gasteiger partial charge in [-0.2, -0.15) is 9.90 Å². The van der Waals surface area contributed by atoms with Gasteiger partial charge >= 0.3 is 18.0 Å². The number of alkyl carbamates (subject to hydrolysis) is 1. The summed E-state index contributed by atoms with van der Waals surface area (Å²) in [5.41, 5.74) is 9.26. The van der Waals surface area contributed by atoms with Crippen LogP contribution in [0.3, 0.4) is 0 Å². The Kier molecular flexibility index (Phi) is 19.1. The number of nitrogens with one attached hydrogen (secondary N) is 2. The normalized spacial score (nSPS) is 12.9. The van der Waals surface area contributed by atoms with E-state index in [2.05, 4.69) is 34.9 Å². The Morgan fingerprint density at radius 2 is 0.987 bits per heavy atom. The number of carbonyl (C=O) groups excluding carboxylic acids is 4. The summed E-state index contributed by atoms with van der Waals surface area (Å²) in [6, 6.07) is 60.3. The summed E-state index contributed by atoms with van der Waals surface area (Å²) in [6.07, 6.45) is 1.14. The Hall–Kier alpha value is -7.19. The molecule has 2 N–H and O–H groups in total. The topological polar surface area (TPSA) is 120 Å². The SMILES string of the molecule is Cc1ccc(C(OC(=O)C(CCCCCC(=O)CCC(NC(c2ccccc2)(c2ccccc2)c2ccccc2)C(=O)OC(C)(C)C)NC(=O)OCC2c3ccccc3-c3ccccc32)c2ccc(C)cc2)cc1.P. The molecule has 7 aromatic rings. The first-order chi connectivity index (χ1) is 35.8. The third kappa shape index (κ3) is 14.2. The maximum atomic E-state index is 14.4. The van der Waals surface area contributed by atoms with Gasteiger partial charge in [-0.25, -0.2) is 9.59 Å². The molecule has 388 valence electrons. The molecule has 0 heterocycles. The van der Waals surface area contributed by atoms with E-state index in [1.165, 1.54) is 0 Å². The van der Waals surface area contributed by atoms with Crippen LogP contribution in [-0.2, 0) is 34.1 Å². The standard InChI is InChI=1S/C65H68N2O7.H3P/c1-45-34-38-47(39-35-45)60(48-40-36-46(2)37-41-48)73-61(69)58(66-63(71)72-44-57-55-31-20-18-29-53(55)54-30-19-21-32-56(54)57)33-17-9-16-28-52(68)42-43-59(62(70)74-64(3,4)5)67-65(49-22-10-6-11-23-49,50-24-12-7-13-25-50)51-26-14-8-15-27-51;/h6-8,10-15,18-27,29-32,34-41,57-60,67H,9,16-17,28,33,42-44H2,1-5H3,(H,66,71);1H3. The van der Waals surface area contributed by atoms with E-state index in [0.29, 0.717) is 19.3 Å². The molecule has 75 heavy (non-hydrogen) atoms. The van der Waals surface area contributed by atoms with Crippen LogP contribution >= 0.6 is 9.90 Å². The molecule has 0 saturated heterocycles. The van der Waals surface area contributed by atoms with Gasteiger partial charge in [0.15, 0.2) is 6.10 Å². The molecule has 8 rings (SSSR count). The molecule has 0 bridgehead atoms. The van der Waals surface area contributed by atoms with E-state index in [9.17, 15) is 19.2 Å². The van der Waals surface area contributed by atoms with Crippen LogP contribution in [0.1, 0.15) is 128 Å². The summed E-state index contributed by atoms with van der Waals surface area (Å²) < 4.78 is 18.3. The molecule has 0 aliphatic heterocycles. The molecular weight excluding hydrogens is 952 g/mol. The lowest BCUT2D eigenvalue weighted by Crippen LogP contribution is -2.53. The maximum Gasteiger partial charge on any atom is 0.407 e. The monoisotopic (exact) mass is 1020 g/mol. The highest BCUT2D eigenvalue weighted by atomic mass is 31.0. The number of esters is 2. The van der Waals surface area contributed by atoms with Crippen molar-refractivity contribution in [3.63, 3.8) is 0 Å². The number of ether oxygens (including phenoxy) is 3. The lowest BCUT2D eigenvalue weighted by molar-refractivity contribution is -0.158. The van der Waals surface area contributed by atoms with Crippen molar-refractivity contribution in [2.24, 2.45) is 0 Å². The molecular formula is C65H71N2O7P. The average Bonchev–Trinajstić information content (AvgIpc) is 3.74. The minimum Gasteiger partial charge on any atom is -0.459 e. The molecule has 0 aromatic heterocycles. The first kappa shape index (κ1) is 55.6. The predicted octanol–water partition coefficient (Wildman–Crippen LogP) is 13.5. The van der Waals surface area contributed by atoms with E-state index in [4.69, 9.17) is 14.2 Å². The van der Waals surface area contributed by atoms with E-state index in [1.807, 2.05) is 198 Å². The molecule has 0 radical (unpaired) electrons. The highest BCUT2D eigenvalue weighted by Gasteiger charge is 2.41. The number of Topliss-reactive ketones (excluding diaryl/α,β-unsaturated/α-hetero) is 1. The van der Waals surface area contributed by atoms with Crippen LogP contribution in [0.5, 0.6) is 0 Å². The van der Waals surface area contributed by atoms with Crippen LogP contribution < -0.4 is 10.6 Å². The lowest BCUT2D eigenvalue weighted by Gasteiger charge is -2.40. The number of fused-ring (bicyclic) bond motifs is 3. The lowest BCUT2D eigenvalue weighted by atomic mass is 9.76. The first-order valence-electron chi connectivity index (χ1n) is 25.9. The van der Waals surface area contributed by atoms with Gasteiger partial charge in [0.05, 0.1) is 5.54 Å². The summed E-state index contributed by atoms with van der Waals surface area (Å²) in [7, 11) is 0. The van der Waals surface area contributed by atoms with E-state index in [-0.39, 0.29) is 53.9 Å². The van der Waals surface area contributed by atoms with Crippen molar-refractivity contribution in [1.82, 2.24) is 10.6 Å². The van der Waals surface area contributed by atoms with Crippen LogP contribution in [0.25, 0.3) is 11.1 Å². The van der Waals surface area contributed by atoms with Gasteiger partial charge in [-0.05, 0) is 104 Å². The molecule has 1 aliphatic carbocycles. The number of carbonyl (C=O) groups is 4. The Morgan fingerprint density at radius 1 is 0.520 bits per heavy atom. The van der Waals surface area contributed by atoms with Gasteiger partial charge in [-0.15, -0.1) is 0 Å². The van der Waals surface area contributed by atoms with Crippen molar-refractivity contribution in [2.45, 2.75) is 115 Å². The summed E-state index contributed by atoms with van der Waals surface area (Å²) in [5.74, 6) is -1.17. The Bertz CT molecular complexity index is 2790. The number of amides is 1. The van der Waals surface area contributed by atoms with Gasteiger partial charge in [0.1, 0.15) is 30.1 Å². The number of rotatable bonds is 22. The highest BCUT2D eigenvalue weighted by Crippen LogP contribution is 2.45. The number of aryl methyl sites for hydroxylation is 2. The van der Waals surface area contributed by atoms with E-state index in [1.54, 1.807) is 0 Å². The minimum absolute atomic E-state index is 0. The Balaban J connectivity index is 0.00000820. The number of benzene rings is 7. The summed E-state index contributed by atoms with van der Waals surface area (Å²) in [4.78, 5) is 56.2. The minimum atomic E-state index is -1.03. The Morgan fingerprint density at radius 3 is 1.47 bits per heavy atom. The second-order valence-corrected chi connectivity index (χ2v) is 20.4. The van der Waals surface area contributed by atoms with Crippen molar-refractivity contribution in [3.05, 3.63) is 238 Å². The number of hydrogen-bond donors (Lipinski definition) is 2. The van der Waals surface area contributed by atoms with E-state index < -0.39 is 47.4 Å². The number of ketones is 1. The van der Waals surface area contributed by atoms with Gasteiger partial charge in [0, 0.05) is 18.8 Å². The van der Waals surface area contributed by atoms with Crippen molar-refractivity contribution < 1.29 is 33.4 Å². The zero-order valence-electron chi connectivity index (χ0n) is 43.9. The van der Waals surface area contributed by atoms with Gasteiger partial charge < -0.3 is 19.5 Å². The second-order valence-electron chi connectivity index (χ2n) is 20.4. The maximum absolute atomic E-state index is 14.4. The molecule has 1 aliphatic rings. The fourth-order valence-corrected chi connectivity index (χ4v) is 10.0. The predicted molar refractivity (Wildman–Crippen MR) is 303 cm³/mol. The van der Waals surface area contributed by atoms with Gasteiger partial charge in [0.2, 0.25) is 0 Å². The third-order valence-corrected chi connectivity index (χ3v) is 13.8. The summed E-state index contributed by atoms with van der Waals surface area (Å²) >= 11 is 0. The van der Waals surface area contributed by atoms with Crippen molar-refractivity contribution in [3.8, 4) is 11.1 Å². The van der Waals surface area contributed by atoms with Crippen LogP contribution in [0.15, 0.2) is 188 Å². The van der Waals surface area contributed by atoms with Crippen molar-refractivity contribution in [1.29, 1.82) is 0 Å². The summed E-state index contributed by atoms with van der Waals surface area (Å²) in [5, 5.41) is 6.64. The zero-order valence-corrected chi connectivity index (χ0v) is 45.3. The highest BCUT2D eigenvalue weighted by molar-refractivity contribution is 6.92. The van der Waals surface area contributed by atoms with Crippen LogP contribution in [0.2, 0.25) is 0 Å². The number of unbranched alkanes of at least 4 members (excludes halogenated alkanes) is 2. The molecule has 9 nitrogen and oxygen atoms in total. The van der Waals surface area contributed by atoms with Crippen LogP contribution in [0.4, 0.5) is 4.79 Å². The van der Waals surface area contributed by atoms with Crippen LogP contribution in [-0.4, -0.2) is 48.1 Å². The van der Waals surface area contributed by atoms with E-state index >= 15 is 0 Å². The summed E-state index contributed by atoms with van der Waals surface area (Å²) in [6.45, 7) is 9.63. The smallest absolute Gasteiger partial charge is 0.407 e. The average molecular weight is 1020 g/mol. The second kappa shape index (κ2) is 25.8. The quantitative estimate of drug-likeness (QED) is 0.0226. The first-order valence-corrected chi connectivity index (χ1v) is 25.9. The fourth-order valence-electron chi connectivity index (χ4n) is 10.0. The van der Waals surface area contributed by atoms with E-state index in [0.717, 1.165) is 61.2 Å². The van der Waals surface area contributed by atoms with Gasteiger partial charge in [0.25, 0.3) is 0 Å². The molecule has 10 heteroatoms. The molecule has 0 fully saturated rings.